The lowest BCUT2D eigenvalue weighted by atomic mass is 9.81. The fourth-order valence-electron chi connectivity index (χ4n) is 17.3. The largest absolute Gasteiger partial charge is 0.460 e. The summed E-state index contributed by atoms with van der Waals surface area (Å²) in [5.74, 6) is -6.92. The molecule has 1 saturated heterocycles. The smallest absolute Gasteiger partial charge is 0.320 e. The monoisotopic (exact) mass is 2040 g/mol. The number of benzene rings is 3. The first kappa shape index (κ1) is 122. The predicted molar refractivity (Wildman–Crippen MR) is 547 cm³/mol. The average Bonchev–Trinajstić information content (AvgIpc) is 1.58. The quantitative estimate of drug-likeness (QED) is 0.00512. The second-order valence-electron chi connectivity index (χ2n) is 45.5. The average molecular weight is 2040 g/mol. The third-order valence-electron chi connectivity index (χ3n) is 23.6. The van der Waals surface area contributed by atoms with Crippen LogP contribution < -0.4 is 20.9 Å². The lowest BCUT2D eigenvalue weighted by Crippen LogP contribution is -2.54. The number of ether oxygens (including phenoxy) is 7. The van der Waals surface area contributed by atoms with E-state index in [2.05, 4.69) is 35.5 Å². The molecule has 0 saturated carbocycles. The summed E-state index contributed by atoms with van der Waals surface area (Å²) in [6, 6.07) is 14.4. The minimum absolute atomic E-state index is 0.00558. The molecule has 3 heterocycles. The Morgan fingerprint density at radius 3 is 1.50 bits per heavy atom. The Hall–Kier alpha value is -10.1. The van der Waals surface area contributed by atoms with Gasteiger partial charge < -0.3 is 54.0 Å². The number of amides is 3. The number of azide groups is 1. The highest BCUT2D eigenvalue weighted by molar-refractivity contribution is 7.86. The van der Waals surface area contributed by atoms with Crippen molar-refractivity contribution in [2.45, 2.75) is 361 Å². The van der Waals surface area contributed by atoms with Gasteiger partial charge in [0.1, 0.15) is 57.6 Å². The third kappa shape index (κ3) is 44.0. The normalized spacial score (nSPS) is 17.1. The number of ketones is 1. The summed E-state index contributed by atoms with van der Waals surface area (Å²) in [5.41, 5.74) is 7.14. The molecule has 0 spiro atoms. The van der Waals surface area contributed by atoms with Crippen LogP contribution in [-0.4, -0.2) is 271 Å². The molecule has 3 aromatic rings. The number of allylic oxidation sites excluding steroid dienone is 4. The van der Waals surface area contributed by atoms with E-state index in [0.29, 0.717) is 125 Å². The molecule has 3 aliphatic heterocycles. The van der Waals surface area contributed by atoms with Crippen LogP contribution in [-0.2, 0) is 123 Å². The maximum atomic E-state index is 14.5. The van der Waals surface area contributed by atoms with Crippen molar-refractivity contribution < 1.29 is 116 Å². The van der Waals surface area contributed by atoms with Gasteiger partial charge in [0.2, 0.25) is 23.4 Å². The number of nitrogens with zero attached hydrogens (tertiary/aromatic N) is 9. The molecule has 143 heavy (non-hydrogen) atoms. The van der Waals surface area contributed by atoms with Crippen molar-refractivity contribution in [1.29, 1.82) is 0 Å². The van der Waals surface area contributed by atoms with Crippen molar-refractivity contribution in [1.82, 2.24) is 30.2 Å². The molecule has 36 nitrogen and oxygen atoms in total. The van der Waals surface area contributed by atoms with Gasteiger partial charge in [-0.05, 0) is 289 Å². The Kier molecular flexibility index (Phi) is 44.9. The molecule has 3 aliphatic rings. The van der Waals surface area contributed by atoms with E-state index < -0.39 is 148 Å². The highest BCUT2D eigenvalue weighted by Crippen LogP contribution is 2.49. The van der Waals surface area contributed by atoms with Crippen LogP contribution in [0.3, 0.4) is 0 Å². The standard InChI is InChI=1S/C105H162N12O24S2/c1-97(2,3)135-89(121)51-44-74(96(128)141-103(19,20)21)64-77(118)63-73(95(127)140-102(16,17)18)36-30-31-52-107-87(119)40-28-26-32-54-116-83-49-47-78(142(129,130)131)65-80(83)104(22,23)85(116)38-34-39-86-105(24,25)81-66-79(143(132,133)134)48-50-84(81)117(86)55-33-27-29-41-88(120)110-82(37-35-53-108-111-106)94(126)109-75-45-42-72(43-46-75)62-76-67-114(70-92(124)138-100(10,11)12)59-58-112(68-90(122)136-98(4,5)6)56-57-113(69-91(123)137-99(7,8)9)60-61-115(76)71-93(125)139-101(13,14)15/h34,38-39,42-43,45-50,65-66,73-74,76,82H,26-33,35-37,40-41,44,51-64,67-71H2,1-25H3,(H4-,107,109,110,119,120,126,129,130,131,132,133,134)/p+1/t73?,74-,76?,82-/m0/s1. The van der Waals surface area contributed by atoms with Gasteiger partial charge in [-0.1, -0.05) is 50.0 Å². The van der Waals surface area contributed by atoms with Crippen molar-refractivity contribution >= 4 is 108 Å². The molecule has 1 fully saturated rings. The van der Waals surface area contributed by atoms with E-state index in [4.69, 9.17) is 33.2 Å². The maximum Gasteiger partial charge on any atom is 0.320 e. The van der Waals surface area contributed by atoms with E-state index in [1.54, 1.807) is 170 Å². The number of hydrogen-bond donors (Lipinski definition) is 5. The zero-order chi connectivity index (χ0) is 107. The molecule has 0 aromatic heterocycles. The Morgan fingerprint density at radius 2 is 0.979 bits per heavy atom. The predicted octanol–water partition coefficient (Wildman–Crippen LogP) is 15.3. The Balaban J connectivity index is 1.17. The van der Waals surface area contributed by atoms with Gasteiger partial charge in [-0.25, -0.2) is 0 Å². The van der Waals surface area contributed by atoms with Gasteiger partial charge in [0.05, 0.1) is 53.2 Å². The van der Waals surface area contributed by atoms with Gasteiger partial charge in [0, 0.05) is 155 Å². The molecule has 0 aliphatic carbocycles. The fourth-order valence-corrected chi connectivity index (χ4v) is 18.3. The first-order valence-electron chi connectivity index (χ1n) is 50.0. The van der Waals surface area contributed by atoms with Gasteiger partial charge in [0.15, 0.2) is 5.71 Å². The zero-order valence-corrected chi connectivity index (χ0v) is 91.0. The Labute approximate surface area is 847 Å². The summed E-state index contributed by atoms with van der Waals surface area (Å²) < 4.78 is 114. The van der Waals surface area contributed by atoms with Crippen LogP contribution >= 0.6 is 0 Å². The van der Waals surface area contributed by atoms with Crippen LogP contribution in [0, 0.1) is 11.8 Å². The van der Waals surface area contributed by atoms with Crippen molar-refractivity contribution in [2.24, 2.45) is 17.0 Å². The van der Waals surface area contributed by atoms with E-state index in [1.165, 1.54) is 24.3 Å². The summed E-state index contributed by atoms with van der Waals surface area (Å²) >= 11 is 0. The van der Waals surface area contributed by atoms with Crippen molar-refractivity contribution in [3.63, 3.8) is 0 Å². The molecule has 2 unspecified atom stereocenters. The molecule has 0 bridgehead atoms. The van der Waals surface area contributed by atoms with Gasteiger partial charge >= 0.3 is 41.8 Å². The number of esters is 7. The molecule has 5 N–H and O–H groups in total. The highest BCUT2D eigenvalue weighted by Gasteiger charge is 2.47. The van der Waals surface area contributed by atoms with Gasteiger partial charge in [-0.15, -0.1) is 0 Å². The summed E-state index contributed by atoms with van der Waals surface area (Å²) in [6.45, 7) is 47.2. The summed E-state index contributed by atoms with van der Waals surface area (Å²) in [4.78, 5) is 163. The minimum atomic E-state index is -4.65. The molecule has 3 amide bonds. The van der Waals surface area contributed by atoms with Gasteiger partial charge in [0.25, 0.3) is 20.2 Å². The molecule has 4 atom stereocenters. The number of rotatable bonds is 47. The molecule has 0 radical (unpaired) electrons. The van der Waals surface area contributed by atoms with Crippen LogP contribution in [0.15, 0.2) is 99.5 Å². The van der Waals surface area contributed by atoms with Crippen LogP contribution in [0.2, 0.25) is 0 Å². The topological polar surface area (TPSA) is 465 Å². The fraction of sp³-hybridized carbons (Fsp3) is 0.676. The summed E-state index contributed by atoms with van der Waals surface area (Å²) in [5, 5.41) is 12.5. The minimum Gasteiger partial charge on any atom is -0.460 e. The van der Waals surface area contributed by atoms with Crippen LogP contribution in [0.1, 0.15) is 299 Å². The number of carbonyl (C=O) groups is 11. The first-order chi connectivity index (χ1) is 66.0. The molecule has 3 aromatic carbocycles. The summed E-state index contributed by atoms with van der Waals surface area (Å²) in [7, 11) is -9.27. The van der Waals surface area contributed by atoms with Crippen molar-refractivity contribution in [3.05, 3.63) is 112 Å². The van der Waals surface area contributed by atoms with Gasteiger partial charge in [-0.2, -0.15) is 21.4 Å². The van der Waals surface area contributed by atoms with E-state index in [0.717, 1.165) is 17.0 Å². The first-order valence-corrected chi connectivity index (χ1v) is 52.8. The number of unbranched alkanes of at least 4 members (excludes halogenated alkanes) is 5. The lowest BCUT2D eigenvalue weighted by molar-refractivity contribution is -0.438. The lowest BCUT2D eigenvalue weighted by Gasteiger charge is -2.39. The molecular formula is C105H163N12O24S2+. The number of hydrogen-bond acceptors (Lipinski definition) is 28. The summed E-state index contributed by atoms with van der Waals surface area (Å²) in [6.07, 6.45) is 10.4. The van der Waals surface area contributed by atoms with Crippen LogP contribution in [0.4, 0.5) is 17.1 Å². The molecule has 798 valence electrons. The maximum absolute atomic E-state index is 14.5. The highest BCUT2D eigenvalue weighted by atomic mass is 32.2. The zero-order valence-electron chi connectivity index (χ0n) is 89.4. The van der Waals surface area contributed by atoms with E-state index in [-0.39, 0.29) is 138 Å². The second-order valence-corrected chi connectivity index (χ2v) is 48.4. The Bertz CT molecular complexity index is 5290. The number of fused-ring (bicyclic) bond motifs is 2. The number of Topliss-reactive ketones (excluding diaryl/α,β-unsaturated/α-hetero) is 1. The van der Waals surface area contributed by atoms with Crippen LogP contribution in [0.5, 0.6) is 0 Å². The number of carbonyl (C=O) groups excluding carboxylic acids is 11. The van der Waals surface area contributed by atoms with E-state index >= 15 is 0 Å². The molecule has 38 heteroatoms. The van der Waals surface area contributed by atoms with Crippen molar-refractivity contribution in [2.75, 3.05) is 108 Å². The SMILES string of the molecule is CC(C)(C)OC(=O)CC[C@@H](CC(=O)CC(CCCCNC(=O)CCCCCN1C(=CC=CC2=[N+](CCCCCC(=O)N[C@@H](CCCN=[N+]=[N-])C(=O)Nc3ccc(CC4CN(CC(=O)OC(C)(C)C)CCN(CC(=O)OC(C)(C)C)CCN(CC(=O)OC(C)(C)C)CCN4CC(=O)OC(C)(C)C)cc3)c3ccc(S(=O)(=O)O)cc3C2(C)C)C(C)(C)c2cc(S(=O)(=O)O)ccc21)C(=O)OC(C)(C)C)C(=O)OC(C)(C)C. The van der Waals surface area contributed by atoms with Crippen LogP contribution in [0.25, 0.3) is 10.4 Å². The number of nitrogens with one attached hydrogen (secondary N) is 3. The van der Waals surface area contributed by atoms with Gasteiger partial charge in [-0.3, -0.25) is 81.4 Å². The van der Waals surface area contributed by atoms with E-state index in [1.807, 2.05) is 77.7 Å². The molecular weight excluding hydrogens is 1880 g/mol. The second kappa shape index (κ2) is 52.8. The third-order valence-corrected chi connectivity index (χ3v) is 25.3. The number of anilines is 2. The van der Waals surface area contributed by atoms with Crippen molar-refractivity contribution in [3.8, 4) is 0 Å². The Morgan fingerprint density at radius 1 is 0.510 bits per heavy atom. The van der Waals surface area contributed by atoms with E-state index in [9.17, 15) is 84.2 Å². The molecule has 6 rings (SSSR count).